The SMILES string of the molecule is C.C=P(O)(O)Cc1ccc(NCc2cnc3nc(N)nc(N)c3n2)cc1.C=P(O)(O)c1cccc(NCc2cnc3nc(N)nc(N)c3n2)c1.CC(=O)/C(O)=C/c1ccc(NCc2cnc3nc(N)nc(N)c3n2)cc1.CP(=O)(O)c1ccc(NCc2cnc3nc(N)nc(N)c3n2)cc1.Nc1nc(N)c2nc(CCc3cccc(CP(=O)(O)O)c3)cnc2n1.Nc1nc(N)c2nc(CNc3ccc(CC(=O)O)cc3)cnc2n1. The van der Waals surface area contributed by atoms with Crippen LogP contribution >= 0.6 is 29.6 Å². The second-order valence-corrected chi connectivity index (χ2v) is 40.3. The number of nitrogens with one attached hydrogen (secondary N) is 5. The number of aliphatic hydroxyl groups is 1. The van der Waals surface area contributed by atoms with Crippen LogP contribution in [0.1, 0.15) is 76.3 Å². The number of hydrogen-bond donors (Lipinski definition) is 26. The number of benzene rings is 6. The van der Waals surface area contributed by atoms with E-state index in [4.69, 9.17) is 83.7 Å². The van der Waals surface area contributed by atoms with Gasteiger partial charge in [-0.25, -0.2) is 59.8 Å². The van der Waals surface area contributed by atoms with Crippen LogP contribution < -0.4 is 106 Å². The van der Waals surface area contributed by atoms with Crippen LogP contribution in [-0.2, 0) is 83.0 Å². The number of fused-ring (bicyclic) bond motifs is 6. The lowest BCUT2D eigenvalue weighted by molar-refractivity contribution is -0.136. The van der Waals surface area contributed by atoms with Crippen molar-refractivity contribution in [3.05, 3.63) is 251 Å². The third kappa shape index (κ3) is 32.4. The number of nitrogen functional groups attached to an aromatic ring is 12. The number of Topliss-reactive ketones (excluding diaryl/α,β-unsaturated/α-hetero) is 1. The van der Waals surface area contributed by atoms with E-state index in [0.29, 0.717) is 169 Å². The molecule has 0 amide bonds. The molecule has 770 valence electrons. The molecule has 0 aliphatic heterocycles. The van der Waals surface area contributed by atoms with Gasteiger partial charge in [-0.3, -0.25) is 18.7 Å². The molecule has 54 nitrogen and oxygen atoms in total. The quantitative estimate of drug-likeness (QED) is 0.0153. The molecule has 12 aromatic heterocycles. The minimum atomic E-state index is -4.08. The molecule has 58 heteroatoms. The van der Waals surface area contributed by atoms with Gasteiger partial charge in [-0.15, -0.1) is 0 Å². The van der Waals surface area contributed by atoms with Crippen LogP contribution in [0, 0.1) is 0 Å². The molecule has 12 heterocycles. The lowest BCUT2D eigenvalue weighted by Crippen LogP contribution is -2.09. The van der Waals surface area contributed by atoms with E-state index < -0.39 is 35.6 Å². The fourth-order valence-corrected chi connectivity index (χ4v) is 16.2. The van der Waals surface area contributed by atoms with E-state index in [-0.39, 0.29) is 108 Å². The van der Waals surface area contributed by atoms with Gasteiger partial charge < -0.3 is 140 Å². The third-order valence-corrected chi connectivity index (χ3v) is 24.3. The first kappa shape index (κ1) is 110. The average Bonchev–Trinajstić information content (AvgIpc) is 0.827. The number of aliphatic hydroxyl groups excluding tert-OH is 1. The highest BCUT2D eigenvalue weighted by atomic mass is 31.2. The van der Waals surface area contributed by atoms with Gasteiger partial charge in [0, 0.05) is 58.8 Å². The zero-order valence-corrected chi connectivity index (χ0v) is 82.1. The Labute approximate surface area is 846 Å². The molecule has 6 aromatic carbocycles. The molecule has 0 bridgehead atoms. The highest BCUT2D eigenvalue weighted by Gasteiger charge is 2.21. The Morgan fingerprint density at radius 3 is 0.953 bits per heavy atom. The number of nitrogens with zero attached hydrogens (tertiary/aromatic N) is 24. The number of ketones is 1. The topological polar surface area (TPSA) is 932 Å². The predicted molar refractivity (Wildman–Crippen MR) is 577 cm³/mol. The summed E-state index contributed by atoms with van der Waals surface area (Å²) in [7, 11) is -13.7. The van der Waals surface area contributed by atoms with Gasteiger partial charge in [0.25, 0.3) is 0 Å². The van der Waals surface area contributed by atoms with Crippen molar-refractivity contribution in [3.8, 4) is 0 Å². The van der Waals surface area contributed by atoms with Crippen LogP contribution in [0.2, 0.25) is 0 Å². The van der Waals surface area contributed by atoms with Crippen molar-refractivity contribution in [2.24, 2.45) is 0 Å². The molecule has 149 heavy (non-hydrogen) atoms. The highest BCUT2D eigenvalue weighted by Crippen LogP contribution is 2.41. The van der Waals surface area contributed by atoms with E-state index in [2.05, 4.69) is 159 Å². The van der Waals surface area contributed by atoms with Crippen LogP contribution in [0.3, 0.4) is 0 Å². The van der Waals surface area contributed by atoms with Gasteiger partial charge >= 0.3 is 13.6 Å². The lowest BCUT2D eigenvalue weighted by atomic mass is 10.1. The number of anilines is 17. The maximum absolute atomic E-state index is 11.6. The van der Waals surface area contributed by atoms with Gasteiger partial charge in [-0.1, -0.05) is 86.5 Å². The molecule has 18 aromatic rings. The van der Waals surface area contributed by atoms with Gasteiger partial charge in [0.2, 0.25) is 43.1 Å². The number of carbonyl (C=O) groups is 2. The summed E-state index contributed by atoms with van der Waals surface area (Å²) in [6.45, 7) is 4.63. The third-order valence-electron chi connectivity index (χ3n) is 20.3. The second-order valence-electron chi connectivity index (χ2n) is 32.3. The molecule has 0 radical (unpaired) electrons. The molecule has 0 aliphatic carbocycles. The largest absolute Gasteiger partial charge is 0.504 e. The summed E-state index contributed by atoms with van der Waals surface area (Å²) in [6, 6.07) is 42.3. The summed E-state index contributed by atoms with van der Waals surface area (Å²) in [4.78, 5) is 186. The van der Waals surface area contributed by atoms with Gasteiger partial charge in [0.05, 0.1) is 117 Å². The van der Waals surface area contributed by atoms with Crippen molar-refractivity contribution in [1.29, 1.82) is 0 Å². The molecule has 1 atom stereocenters. The van der Waals surface area contributed by atoms with Crippen LogP contribution in [0.15, 0.2) is 189 Å². The second kappa shape index (κ2) is 48.5. The van der Waals surface area contributed by atoms with Gasteiger partial charge in [-0.2, -0.15) is 59.8 Å². The van der Waals surface area contributed by atoms with Crippen LogP contribution in [0.4, 0.5) is 99.0 Å². The molecule has 0 fully saturated rings. The van der Waals surface area contributed by atoms with E-state index >= 15 is 0 Å². The molecular weight excluding hydrogens is 2000 g/mol. The monoisotopic (exact) mass is 2100 g/mol. The van der Waals surface area contributed by atoms with E-state index in [1.807, 2.05) is 54.6 Å². The summed E-state index contributed by atoms with van der Waals surface area (Å²) in [5.41, 5.74) is 84.2. The molecular formula is C91H103N41O13P4. The Kier molecular flexibility index (Phi) is 35.7. The van der Waals surface area contributed by atoms with Gasteiger partial charge in [-0.05, 0) is 126 Å². The minimum absolute atomic E-state index is 0. The number of carboxylic acids is 1. The smallest absolute Gasteiger partial charge is 0.329 e. The average molecular weight is 2100 g/mol. The van der Waals surface area contributed by atoms with Crippen molar-refractivity contribution in [2.45, 2.75) is 78.7 Å². The summed E-state index contributed by atoms with van der Waals surface area (Å²) in [5.74, 6) is -0.114. The standard InChI is InChI=1S/C17H17N7O2.C15H18N7O2P.C15H15N7O2.C15H17N6O3P.2C14H16N7O2P.CH4/c1-9(25)13(26)6-10-2-4-11(5-3-10)20-7-12-8-21-16-14(22-12)15(18)23-17(19)24-16;1-25(23,24)8-9-2-4-10(5-3-9)18-6-11-7-19-14-12(20-11)13(16)21-15(17)22-14;16-13-12-14(22-15(17)21-13)19-7-10(20-12)6-18-9-3-1-8(2-4-9)5-11(23)24;16-13-12-14(21-15(17)20-13)18-7-11(19-12)5-4-9-2-1-3-10(6-9)8-25(22,23)24;1-24(22,23)10-4-2-8(3-5-10)17-6-9-7-18-13-11(19-9)12(15)20-14(16)21-13;1-24(22,23)10-4-2-3-8(5-10)17-6-9-7-18-13-11(19-9)12(15)20-14(16)21-13;/h2-6,8,20,26H,7H2,1H3,(H4,18,19,21,23,24);2-5,7,18,23-24H,1,6,8H2,(H4,16,17,19,21,22);1-4,7,18H,5-6H2,(H,23,24)(H4,16,17,19,21,22);1-3,6-7H,4-5,8H2,(H2,22,23,24)(H4,16,17,18,20,21);2-5,7,17H,6H2,1H3,(H,22,23)(H4,15,16,18,20,21);2-5,7,17,22-23H,1,6H2,(H4,15,16,18,20,21);1H4/b13-6-;;;;;;. The maximum atomic E-state index is 11.6. The molecule has 38 N–H and O–H groups in total. The summed E-state index contributed by atoms with van der Waals surface area (Å²) >= 11 is 0. The van der Waals surface area contributed by atoms with Crippen molar-refractivity contribution in [1.82, 2.24) is 120 Å². The van der Waals surface area contributed by atoms with Crippen molar-refractivity contribution in [3.63, 3.8) is 0 Å². The van der Waals surface area contributed by atoms with E-state index in [9.17, 15) is 48.3 Å². The molecule has 0 aliphatic rings. The first-order chi connectivity index (χ1) is 70.2. The zero-order chi connectivity index (χ0) is 106. The Bertz CT molecular complexity index is 8170. The molecule has 18 rings (SSSR count). The Morgan fingerprint density at radius 2 is 0.638 bits per heavy atom. The number of aryl methyl sites for hydroxylation is 2. The fraction of sp³-hybridized carbons (Fsp3) is 0.143. The van der Waals surface area contributed by atoms with Crippen LogP contribution in [0.5, 0.6) is 0 Å². The van der Waals surface area contributed by atoms with E-state index in [0.717, 1.165) is 45.0 Å². The number of hydrogen-bond acceptors (Lipinski definition) is 50. The summed E-state index contributed by atoms with van der Waals surface area (Å²) in [5, 5.41) is 34.9. The number of nitrogens with two attached hydrogens (primary N) is 12. The number of carbonyl (C=O) groups excluding carboxylic acids is 1. The van der Waals surface area contributed by atoms with E-state index in [1.54, 1.807) is 128 Å². The normalized spacial score (nSPS) is 11.7. The Balaban J connectivity index is 0.000000158. The first-order valence-corrected chi connectivity index (χ1v) is 51.4. The van der Waals surface area contributed by atoms with Gasteiger partial charge in [0.15, 0.2) is 113 Å². The number of aromatic nitrogens is 24. The number of aliphatic carboxylic acids is 1. The maximum Gasteiger partial charge on any atom is 0.329 e. The van der Waals surface area contributed by atoms with E-state index in [1.165, 1.54) is 19.7 Å². The number of rotatable bonds is 28. The van der Waals surface area contributed by atoms with Crippen LogP contribution in [-0.4, -0.2) is 195 Å². The Morgan fingerprint density at radius 1 is 0.336 bits per heavy atom. The van der Waals surface area contributed by atoms with Crippen molar-refractivity contribution < 1.29 is 63.2 Å². The lowest BCUT2D eigenvalue weighted by Gasteiger charge is -2.12. The summed E-state index contributed by atoms with van der Waals surface area (Å²) < 4.78 is 22.7. The van der Waals surface area contributed by atoms with Crippen molar-refractivity contribution in [2.75, 3.05) is 102 Å². The zero-order valence-electron chi connectivity index (χ0n) is 78.5. The summed E-state index contributed by atoms with van der Waals surface area (Å²) in [6.07, 6.45) is 18.8. The predicted octanol–water partition coefficient (Wildman–Crippen LogP) is 5.96. The van der Waals surface area contributed by atoms with Gasteiger partial charge in [0.1, 0.15) is 14.7 Å². The number of allylic oxidation sites excluding steroid dienone is 1. The highest BCUT2D eigenvalue weighted by molar-refractivity contribution is 7.70. The molecule has 0 spiro atoms. The first-order valence-electron chi connectivity index (χ1n) is 43.6. The van der Waals surface area contributed by atoms with Crippen molar-refractivity contribution >= 4 is 237 Å². The minimum Gasteiger partial charge on any atom is -0.504 e. The molecule has 1 unspecified atom stereocenters. The fourth-order valence-electron chi connectivity index (χ4n) is 13.4. The van der Waals surface area contributed by atoms with Crippen LogP contribution in [0.25, 0.3) is 73.1 Å². The number of carboxylic acid groups (broad SMARTS) is 1. The molecule has 0 saturated carbocycles. The Hall–Kier alpha value is -18.1. The molecule has 0 saturated heterocycles.